The van der Waals surface area contributed by atoms with Crippen LogP contribution in [0, 0.1) is 23.4 Å². The van der Waals surface area contributed by atoms with Crippen molar-refractivity contribution in [2.24, 2.45) is 5.92 Å². The zero-order valence-corrected chi connectivity index (χ0v) is 20.6. The average molecular weight is 530 g/mol. The molecule has 6 nitrogen and oxygen atoms in total. The maximum atomic E-state index is 14.8. The quantitative estimate of drug-likeness (QED) is 0.432. The Labute approximate surface area is 221 Å². The third-order valence-corrected chi connectivity index (χ3v) is 8.31. The highest BCUT2D eigenvalue weighted by Gasteiger charge is 2.59. The Balaban J connectivity index is 1.48. The van der Waals surface area contributed by atoms with Gasteiger partial charge in [-0.05, 0) is 64.9 Å². The summed E-state index contributed by atoms with van der Waals surface area (Å²) in [5, 5.41) is 12.7. The van der Waals surface area contributed by atoms with Crippen molar-refractivity contribution in [2.75, 3.05) is 11.7 Å². The summed E-state index contributed by atoms with van der Waals surface area (Å²) in [6, 6.07) is 17.1. The van der Waals surface area contributed by atoms with Gasteiger partial charge in [-0.3, -0.25) is 19.3 Å². The molecule has 1 amide bonds. The molecule has 2 atom stereocenters. The van der Waals surface area contributed by atoms with Gasteiger partial charge in [-0.1, -0.05) is 36.4 Å². The summed E-state index contributed by atoms with van der Waals surface area (Å²) in [7, 11) is 0. The summed E-state index contributed by atoms with van der Waals surface area (Å²) < 4.78 is 44.3. The van der Waals surface area contributed by atoms with Crippen LogP contribution in [-0.2, 0) is 24.9 Å². The van der Waals surface area contributed by atoms with Gasteiger partial charge in [0.1, 0.15) is 18.0 Å². The van der Waals surface area contributed by atoms with Crippen molar-refractivity contribution >= 4 is 5.91 Å². The van der Waals surface area contributed by atoms with E-state index >= 15 is 0 Å². The van der Waals surface area contributed by atoms with Crippen molar-refractivity contribution in [1.29, 1.82) is 0 Å². The van der Waals surface area contributed by atoms with Gasteiger partial charge in [0.25, 0.3) is 5.91 Å². The lowest BCUT2D eigenvalue weighted by Gasteiger charge is -2.50. The number of carbonyl (C=O) groups excluding carboxylic acids is 1. The van der Waals surface area contributed by atoms with Crippen molar-refractivity contribution in [3.63, 3.8) is 0 Å². The maximum absolute atomic E-state index is 14.8. The van der Waals surface area contributed by atoms with E-state index in [2.05, 4.69) is 0 Å². The lowest BCUT2D eigenvalue weighted by molar-refractivity contribution is 0.0630. The number of aromatic nitrogens is 1. The molecule has 1 N–H and O–H groups in total. The average Bonchev–Trinajstić information content (AvgIpc) is 3.40. The van der Waals surface area contributed by atoms with Crippen LogP contribution in [0.3, 0.4) is 0 Å². The predicted molar refractivity (Wildman–Crippen MR) is 136 cm³/mol. The first-order chi connectivity index (χ1) is 18.8. The lowest BCUT2D eigenvalue weighted by atomic mass is 9.81. The molecule has 2 heterocycles. The lowest BCUT2D eigenvalue weighted by Crippen LogP contribution is -2.63. The Bertz CT molecular complexity index is 1740. The van der Waals surface area contributed by atoms with Crippen LogP contribution >= 0.6 is 0 Å². The van der Waals surface area contributed by atoms with Gasteiger partial charge >= 0.3 is 0 Å². The fourth-order valence-electron chi connectivity index (χ4n) is 6.73. The summed E-state index contributed by atoms with van der Waals surface area (Å²) in [5.41, 5.74) is 1.89. The van der Waals surface area contributed by atoms with Crippen LogP contribution < -0.4 is 10.4 Å². The van der Waals surface area contributed by atoms with Gasteiger partial charge in [0.15, 0.2) is 23.1 Å². The summed E-state index contributed by atoms with van der Waals surface area (Å²) >= 11 is 0. The molecule has 4 aromatic rings. The predicted octanol–water partition coefficient (Wildman–Crippen LogP) is 4.19. The Morgan fingerprint density at radius 3 is 2.38 bits per heavy atom. The number of pyridine rings is 1. The standard InChI is InChI=1S/C30H22F3N3O3/c31-21-7-5-17(6-8-21)15-34-16-36(35-10-9-26(37)28(38)27(35)29(34)39)30-20(11-18-3-1-2-4-22(18)30)12-19-13-24(32)25(33)14-23(19)30/h1-10,13-14,20,38H,11-12,15-16H2. The second kappa shape index (κ2) is 8.23. The SMILES string of the molecule is O=C1c2c(O)c(=O)ccn2N(C23c4ccccc4CC2Cc2cc(F)c(F)cc23)CN1Cc1ccc(F)cc1. The highest BCUT2D eigenvalue weighted by Crippen LogP contribution is 2.57. The second-order valence-corrected chi connectivity index (χ2v) is 10.3. The van der Waals surface area contributed by atoms with Gasteiger partial charge in [-0.25, -0.2) is 13.2 Å². The first-order valence-electron chi connectivity index (χ1n) is 12.6. The zero-order valence-electron chi connectivity index (χ0n) is 20.6. The van der Waals surface area contributed by atoms with E-state index in [9.17, 15) is 27.9 Å². The van der Waals surface area contributed by atoms with Crippen LogP contribution in [0.5, 0.6) is 5.75 Å². The van der Waals surface area contributed by atoms with Gasteiger partial charge in [-0.15, -0.1) is 0 Å². The largest absolute Gasteiger partial charge is 0.502 e. The van der Waals surface area contributed by atoms with E-state index < -0.39 is 40.1 Å². The number of nitrogens with zero attached hydrogens (tertiary/aromatic N) is 3. The molecule has 3 aliphatic rings. The van der Waals surface area contributed by atoms with Crippen molar-refractivity contribution in [3.05, 3.63) is 134 Å². The minimum atomic E-state index is -1.02. The molecule has 196 valence electrons. The fourth-order valence-corrected chi connectivity index (χ4v) is 6.73. The molecular weight excluding hydrogens is 507 g/mol. The van der Waals surface area contributed by atoms with Crippen LogP contribution in [0.2, 0.25) is 0 Å². The number of hydrogen-bond acceptors (Lipinski definition) is 4. The van der Waals surface area contributed by atoms with E-state index in [0.29, 0.717) is 29.5 Å². The molecular formula is C30H22F3N3O3. The number of carbonyl (C=O) groups is 1. The third-order valence-electron chi connectivity index (χ3n) is 8.31. The van der Waals surface area contributed by atoms with Gasteiger partial charge in [-0.2, -0.15) is 0 Å². The number of halogens is 3. The van der Waals surface area contributed by atoms with Crippen LogP contribution in [0.15, 0.2) is 77.7 Å². The molecule has 0 bridgehead atoms. The zero-order chi connectivity index (χ0) is 27.1. The molecule has 0 saturated heterocycles. The topological polar surface area (TPSA) is 65.8 Å². The minimum Gasteiger partial charge on any atom is -0.502 e. The molecule has 1 aliphatic heterocycles. The van der Waals surface area contributed by atoms with E-state index in [1.165, 1.54) is 46.1 Å². The van der Waals surface area contributed by atoms with Gasteiger partial charge < -0.3 is 10.0 Å². The Morgan fingerprint density at radius 2 is 1.59 bits per heavy atom. The normalized spacial score (nSPS) is 21.0. The van der Waals surface area contributed by atoms with Crippen LogP contribution in [0.4, 0.5) is 13.2 Å². The van der Waals surface area contributed by atoms with Gasteiger partial charge in [0, 0.05) is 24.7 Å². The smallest absolute Gasteiger partial charge is 0.278 e. The van der Waals surface area contributed by atoms with Crippen LogP contribution in [-0.4, -0.2) is 27.3 Å². The molecule has 0 radical (unpaired) electrons. The maximum Gasteiger partial charge on any atom is 0.278 e. The summed E-state index contributed by atoms with van der Waals surface area (Å²) in [6.45, 7) is 0.0833. The fraction of sp³-hybridized carbons (Fsp3) is 0.200. The minimum absolute atomic E-state index is 0.00872. The Hall–Kier alpha value is -4.53. The molecule has 7 rings (SSSR count). The van der Waals surface area contributed by atoms with Crippen LogP contribution in [0.1, 0.15) is 38.3 Å². The van der Waals surface area contributed by atoms with E-state index in [0.717, 1.165) is 11.1 Å². The summed E-state index contributed by atoms with van der Waals surface area (Å²) in [5.74, 6) is -3.72. The summed E-state index contributed by atoms with van der Waals surface area (Å²) in [6.07, 6.45) is 2.55. The molecule has 9 heteroatoms. The van der Waals surface area contributed by atoms with E-state index in [4.69, 9.17) is 0 Å². The highest BCUT2D eigenvalue weighted by molar-refractivity contribution is 5.96. The van der Waals surface area contributed by atoms with Gasteiger partial charge in [0.05, 0.1) is 0 Å². The monoisotopic (exact) mass is 529 g/mol. The Morgan fingerprint density at radius 1 is 0.872 bits per heavy atom. The number of rotatable bonds is 3. The molecule has 0 saturated carbocycles. The number of amides is 1. The number of benzene rings is 3. The third kappa shape index (κ3) is 3.22. The molecule has 39 heavy (non-hydrogen) atoms. The van der Waals surface area contributed by atoms with Crippen molar-refractivity contribution < 1.29 is 23.1 Å². The summed E-state index contributed by atoms with van der Waals surface area (Å²) in [4.78, 5) is 27.6. The Kier molecular flexibility index (Phi) is 4.98. The van der Waals surface area contributed by atoms with Crippen molar-refractivity contribution in [2.45, 2.75) is 24.9 Å². The molecule has 3 aromatic carbocycles. The first kappa shape index (κ1) is 23.6. The van der Waals surface area contributed by atoms with E-state index in [1.54, 1.807) is 12.1 Å². The number of aromatic hydroxyl groups is 1. The number of fused-ring (bicyclic) bond motifs is 6. The van der Waals surface area contributed by atoms with Crippen LogP contribution in [0.25, 0.3) is 0 Å². The van der Waals surface area contributed by atoms with Gasteiger partial charge in [0.2, 0.25) is 5.43 Å². The van der Waals surface area contributed by atoms with Crippen molar-refractivity contribution in [1.82, 2.24) is 9.58 Å². The van der Waals surface area contributed by atoms with E-state index in [-0.39, 0.29) is 24.8 Å². The second-order valence-electron chi connectivity index (χ2n) is 10.3. The molecule has 2 unspecified atom stereocenters. The first-order valence-corrected chi connectivity index (χ1v) is 12.6. The highest BCUT2D eigenvalue weighted by atomic mass is 19.2. The molecule has 0 fully saturated rings. The molecule has 0 spiro atoms. The molecule has 2 aliphatic carbocycles. The number of hydrogen-bond donors (Lipinski definition) is 1. The van der Waals surface area contributed by atoms with Crippen molar-refractivity contribution in [3.8, 4) is 5.75 Å². The molecule has 1 aromatic heterocycles. The van der Waals surface area contributed by atoms with E-state index in [1.807, 2.05) is 29.3 Å².